The van der Waals surface area contributed by atoms with Crippen LogP contribution in [-0.4, -0.2) is 62.6 Å². The molecule has 2 saturated heterocycles. The SMILES string of the molecule is Cn1c(=O)n(C2CCC(=O)NC2=O)c2ccc(C#CC3CCN(C(=O)[C@H]4CC[C@H](NC(=O)OC(C)(C)C)CC4)CC3)cc21. The number of hydrogen-bond donors (Lipinski definition) is 2. The average Bonchev–Trinajstić information content (AvgIpc) is 3.20. The molecule has 2 aromatic rings. The molecule has 3 aliphatic rings. The first kappa shape index (κ1) is 30.4. The van der Waals surface area contributed by atoms with Gasteiger partial charge in [-0.15, -0.1) is 0 Å². The molecule has 11 nitrogen and oxygen atoms in total. The third-order valence-electron chi connectivity index (χ3n) is 8.64. The van der Waals surface area contributed by atoms with E-state index in [0.717, 1.165) is 44.1 Å². The van der Waals surface area contributed by atoms with E-state index in [2.05, 4.69) is 22.5 Å². The minimum atomic E-state index is -0.720. The molecule has 3 fully saturated rings. The molecule has 1 unspecified atom stereocenters. The standard InChI is InChI=1S/C32H41N5O6/c1-32(2,3)43-30(41)33-23-10-8-22(9-11-23)29(40)36-17-15-20(16-18-36)5-6-21-7-12-24-26(19-21)35(4)31(42)37(24)25-13-14-27(38)34-28(25)39/h7,12,19-20,22-23,25H,8-11,13-18H2,1-4H3,(H,33,41)(H,34,38,39)/t22-,23-,25?. The first-order valence-electron chi connectivity index (χ1n) is 15.2. The number of imidazole rings is 1. The van der Waals surface area contributed by atoms with Crippen molar-refractivity contribution >= 4 is 34.8 Å². The number of likely N-dealkylation sites (tertiary alicyclic amines) is 1. The normalized spacial score (nSPS) is 23.3. The smallest absolute Gasteiger partial charge is 0.407 e. The molecule has 2 N–H and O–H groups in total. The zero-order valence-corrected chi connectivity index (χ0v) is 25.4. The van der Waals surface area contributed by atoms with Crippen LogP contribution in [0, 0.1) is 23.7 Å². The fraction of sp³-hybridized carbons (Fsp3) is 0.594. The second-order valence-corrected chi connectivity index (χ2v) is 12.9. The summed E-state index contributed by atoms with van der Waals surface area (Å²) >= 11 is 0. The van der Waals surface area contributed by atoms with Crippen molar-refractivity contribution in [3.05, 3.63) is 34.2 Å². The molecule has 11 heteroatoms. The van der Waals surface area contributed by atoms with Gasteiger partial charge in [0.1, 0.15) is 11.6 Å². The molecule has 0 spiro atoms. The number of imide groups is 1. The highest BCUT2D eigenvalue weighted by Gasteiger charge is 2.33. The molecule has 2 aliphatic heterocycles. The third kappa shape index (κ3) is 6.95. The molecular formula is C32H41N5O6. The molecule has 43 heavy (non-hydrogen) atoms. The Hall–Kier alpha value is -4.07. The minimum Gasteiger partial charge on any atom is -0.444 e. The van der Waals surface area contributed by atoms with Crippen LogP contribution >= 0.6 is 0 Å². The van der Waals surface area contributed by atoms with Gasteiger partial charge in [-0.2, -0.15) is 0 Å². The largest absolute Gasteiger partial charge is 0.444 e. The van der Waals surface area contributed by atoms with E-state index in [1.807, 2.05) is 43.9 Å². The van der Waals surface area contributed by atoms with E-state index in [-0.39, 0.29) is 41.8 Å². The molecule has 0 bridgehead atoms. The van der Waals surface area contributed by atoms with Crippen LogP contribution in [0.2, 0.25) is 0 Å². The zero-order valence-electron chi connectivity index (χ0n) is 25.4. The first-order chi connectivity index (χ1) is 20.4. The Labute approximate surface area is 251 Å². The third-order valence-corrected chi connectivity index (χ3v) is 8.64. The van der Waals surface area contributed by atoms with E-state index in [4.69, 9.17) is 4.74 Å². The Balaban J connectivity index is 1.14. The van der Waals surface area contributed by atoms with Crippen LogP contribution < -0.4 is 16.3 Å². The number of piperidine rings is 2. The second kappa shape index (κ2) is 12.3. The summed E-state index contributed by atoms with van der Waals surface area (Å²) in [6.07, 6.45) is 4.75. The molecule has 1 aromatic carbocycles. The monoisotopic (exact) mass is 591 g/mol. The summed E-state index contributed by atoms with van der Waals surface area (Å²) in [7, 11) is 1.67. The summed E-state index contributed by atoms with van der Waals surface area (Å²) in [4.78, 5) is 64.2. The lowest BCUT2D eigenvalue weighted by Gasteiger charge is -2.35. The van der Waals surface area contributed by atoms with Gasteiger partial charge in [0.05, 0.1) is 11.0 Å². The fourth-order valence-corrected chi connectivity index (χ4v) is 6.32. The molecular weight excluding hydrogens is 550 g/mol. The molecule has 0 radical (unpaired) electrons. The van der Waals surface area contributed by atoms with Crippen LogP contribution in [0.5, 0.6) is 0 Å². The van der Waals surface area contributed by atoms with Crippen LogP contribution in [0.3, 0.4) is 0 Å². The predicted octanol–water partition coefficient (Wildman–Crippen LogP) is 2.99. The number of carbonyl (C=O) groups is 4. The number of ether oxygens (including phenoxy) is 1. The fourth-order valence-electron chi connectivity index (χ4n) is 6.32. The van der Waals surface area contributed by atoms with Gasteiger partial charge in [-0.05, 0) is 83.9 Å². The highest BCUT2D eigenvalue weighted by atomic mass is 16.6. The Morgan fingerprint density at radius 1 is 0.977 bits per heavy atom. The van der Waals surface area contributed by atoms with Gasteiger partial charge < -0.3 is 15.0 Å². The van der Waals surface area contributed by atoms with Gasteiger partial charge in [-0.1, -0.05) is 11.8 Å². The summed E-state index contributed by atoms with van der Waals surface area (Å²) in [5.41, 5.74) is 1.25. The van der Waals surface area contributed by atoms with Gasteiger partial charge in [0.2, 0.25) is 17.7 Å². The maximum atomic E-state index is 13.2. The van der Waals surface area contributed by atoms with E-state index < -0.39 is 23.6 Å². The number of aromatic nitrogens is 2. The van der Waals surface area contributed by atoms with Crippen molar-refractivity contribution in [3.8, 4) is 11.8 Å². The lowest BCUT2D eigenvalue weighted by Crippen LogP contribution is -2.45. The number of aryl methyl sites for hydroxylation is 1. The van der Waals surface area contributed by atoms with Gasteiger partial charge in [0.15, 0.2) is 0 Å². The van der Waals surface area contributed by atoms with Crippen LogP contribution in [0.1, 0.15) is 83.7 Å². The topological polar surface area (TPSA) is 132 Å². The van der Waals surface area contributed by atoms with Crippen molar-refractivity contribution in [3.63, 3.8) is 0 Å². The first-order valence-corrected chi connectivity index (χ1v) is 15.2. The highest BCUT2D eigenvalue weighted by molar-refractivity contribution is 6.00. The van der Waals surface area contributed by atoms with Crippen molar-refractivity contribution in [2.24, 2.45) is 18.9 Å². The lowest BCUT2D eigenvalue weighted by atomic mass is 9.84. The summed E-state index contributed by atoms with van der Waals surface area (Å²) in [6.45, 7) is 6.87. The summed E-state index contributed by atoms with van der Waals surface area (Å²) < 4.78 is 8.33. The van der Waals surface area contributed by atoms with E-state index in [0.29, 0.717) is 30.5 Å². The molecule has 1 aromatic heterocycles. The maximum Gasteiger partial charge on any atom is 0.407 e. The number of nitrogens with one attached hydrogen (secondary N) is 2. The van der Waals surface area contributed by atoms with Crippen molar-refractivity contribution in [1.29, 1.82) is 0 Å². The Bertz CT molecular complexity index is 1540. The van der Waals surface area contributed by atoms with Gasteiger partial charge in [0, 0.05) is 50.0 Å². The number of carbonyl (C=O) groups excluding carboxylic acids is 4. The zero-order chi connectivity index (χ0) is 30.9. The van der Waals surface area contributed by atoms with Crippen molar-refractivity contribution in [1.82, 2.24) is 24.7 Å². The van der Waals surface area contributed by atoms with Crippen LogP contribution in [-0.2, 0) is 26.2 Å². The molecule has 1 atom stereocenters. The molecule has 1 saturated carbocycles. The van der Waals surface area contributed by atoms with Crippen molar-refractivity contribution in [2.45, 2.75) is 89.8 Å². The highest BCUT2D eigenvalue weighted by Crippen LogP contribution is 2.29. The lowest BCUT2D eigenvalue weighted by molar-refractivity contribution is -0.138. The molecule has 1 aliphatic carbocycles. The van der Waals surface area contributed by atoms with Crippen molar-refractivity contribution < 1.29 is 23.9 Å². The Morgan fingerprint density at radius 3 is 2.33 bits per heavy atom. The Kier molecular flexibility index (Phi) is 8.67. The van der Waals surface area contributed by atoms with E-state index in [9.17, 15) is 24.0 Å². The van der Waals surface area contributed by atoms with Gasteiger partial charge in [-0.3, -0.25) is 28.8 Å². The average molecular weight is 592 g/mol. The predicted molar refractivity (Wildman–Crippen MR) is 160 cm³/mol. The van der Waals surface area contributed by atoms with Gasteiger partial charge in [-0.25, -0.2) is 9.59 Å². The summed E-state index contributed by atoms with van der Waals surface area (Å²) in [6, 6.07) is 4.84. The number of benzene rings is 1. The van der Waals surface area contributed by atoms with Gasteiger partial charge >= 0.3 is 11.8 Å². The van der Waals surface area contributed by atoms with Crippen molar-refractivity contribution in [2.75, 3.05) is 13.1 Å². The molecule has 5 rings (SSSR count). The number of amides is 4. The van der Waals surface area contributed by atoms with Crippen LogP contribution in [0.25, 0.3) is 11.0 Å². The number of alkyl carbamates (subject to hydrolysis) is 1. The summed E-state index contributed by atoms with van der Waals surface area (Å²) in [5.74, 6) is 6.20. The number of fused-ring (bicyclic) bond motifs is 1. The summed E-state index contributed by atoms with van der Waals surface area (Å²) in [5, 5.41) is 5.26. The molecule has 230 valence electrons. The van der Waals surface area contributed by atoms with Crippen LogP contribution in [0.15, 0.2) is 23.0 Å². The van der Waals surface area contributed by atoms with E-state index in [1.54, 1.807) is 7.05 Å². The number of rotatable bonds is 3. The maximum absolute atomic E-state index is 13.2. The second-order valence-electron chi connectivity index (χ2n) is 12.9. The minimum absolute atomic E-state index is 0.00910. The quantitative estimate of drug-likeness (QED) is 0.417. The number of hydrogen-bond acceptors (Lipinski definition) is 6. The van der Waals surface area contributed by atoms with E-state index >= 15 is 0 Å². The molecule has 3 heterocycles. The van der Waals surface area contributed by atoms with Gasteiger partial charge in [0.25, 0.3) is 0 Å². The van der Waals surface area contributed by atoms with E-state index in [1.165, 1.54) is 9.13 Å². The van der Waals surface area contributed by atoms with Crippen LogP contribution in [0.4, 0.5) is 4.79 Å². The Morgan fingerprint density at radius 2 is 1.67 bits per heavy atom. The molecule has 4 amide bonds. The number of nitrogens with zero attached hydrogens (tertiary/aromatic N) is 3.